The Hall–Kier alpha value is -2.68. The average Bonchev–Trinajstić information content (AvgIpc) is 3.28. The molecule has 0 N–H and O–H groups in total. The zero-order valence-electron chi connectivity index (χ0n) is 19.3. The van der Waals surface area contributed by atoms with Gasteiger partial charge in [0.15, 0.2) is 5.13 Å². The molecule has 2 heterocycles. The normalized spacial score (nSPS) is 14.4. The Morgan fingerprint density at radius 3 is 2.64 bits per heavy atom. The highest BCUT2D eigenvalue weighted by atomic mass is 32.1. The Morgan fingerprint density at radius 2 is 1.91 bits per heavy atom. The van der Waals surface area contributed by atoms with Crippen LogP contribution in [0.1, 0.15) is 30.1 Å². The van der Waals surface area contributed by atoms with Crippen molar-refractivity contribution < 1.29 is 19.0 Å². The number of fused-ring (bicyclic) bond motifs is 1. The smallest absolute Gasteiger partial charge is 0.260 e. The lowest BCUT2D eigenvalue weighted by atomic mass is 10.2. The summed E-state index contributed by atoms with van der Waals surface area (Å²) in [5, 5.41) is 0.694. The molecule has 0 unspecified atom stereocenters. The molecule has 8 heteroatoms. The number of benzene rings is 2. The van der Waals surface area contributed by atoms with Crippen molar-refractivity contribution in [1.29, 1.82) is 0 Å². The van der Waals surface area contributed by atoms with Gasteiger partial charge in [0, 0.05) is 31.7 Å². The third-order valence-corrected chi connectivity index (χ3v) is 6.71. The number of aromatic nitrogens is 1. The number of carbonyl (C=O) groups excluding carboxylic acids is 1. The van der Waals surface area contributed by atoms with Gasteiger partial charge >= 0.3 is 0 Å². The van der Waals surface area contributed by atoms with Crippen molar-refractivity contribution in [2.24, 2.45) is 0 Å². The molecule has 3 aromatic rings. The van der Waals surface area contributed by atoms with Crippen molar-refractivity contribution in [3.05, 3.63) is 48.0 Å². The van der Waals surface area contributed by atoms with Crippen LogP contribution in [0.2, 0.25) is 0 Å². The highest BCUT2D eigenvalue weighted by molar-refractivity contribution is 7.22. The summed E-state index contributed by atoms with van der Waals surface area (Å²) < 4.78 is 17.6. The summed E-state index contributed by atoms with van der Waals surface area (Å²) in [6.45, 7) is 7.37. The number of anilines is 1. The Kier molecular flexibility index (Phi) is 8.15. The molecular weight excluding hydrogens is 438 g/mol. The number of methoxy groups -OCH3 is 1. The second-order valence-electron chi connectivity index (χ2n) is 7.97. The quantitative estimate of drug-likeness (QED) is 0.409. The van der Waals surface area contributed by atoms with Crippen LogP contribution in [0.25, 0.3) is 10.2 Å². The largest absolute Gasteiger partial charge is 0.497 e. The van der Waals surface area contributed by atoms with Crippen LogP contribution >= 0.6 is 11.3 Å². The van der Waals surface area contributed by atoms with Gasteiger partial charge in [-0.2, -0.15) is 0 Å². The van der Waals surface area contributed by atoms with E-state index in [0.29, 0.717) is 23.8 Å². The zero-order valence-corrected chi connectivity index (χ0v) is 20.1. The van der Waals surface area contributed by atoms with Gasteiger partial charge in [-0.25, -0.2) is 4.98 Å². The van der Waals surface area contributed by atoms with E-state index < -0.39 is 0 Å². The van der Waals surface area contributed by atoms with E-state index in [0.717, 1.165) is 67.4 Å². The number of hydrogen-bond acceptors (Lipinski definition) is 7. The van der Waals surface area contributed by atoms with Gasteiger partial charge in [-0.15, -0.1) is 0 Å². The van der Waals surface area contributed by atoms with E-state index in [1.54, 1.807) is 12.0 Å². The summed E-state index contributed by atoms with van der Waals surface area (Å²) in [6, 6.07) is 13.2. The molecule has 0 aliphatic carbocycles. The van der Waals surface area contributed by atoms with Crippen LogP contribution in [0.5, 0.6) is 11.5 Å². The number of hydrogen-bond donors (Lipinski definition) is 0. The number of thiazole rings is 1. The second kappa shape index (κ2) is 11.4. The highest BCUT2D eigenvalue weighted by Crippen LogP contribution is 2.32. The van der Waals surface area contributed by atoms with Crippen molar-refractivity contribution in [3.8, 4) is 11.5 Å². The van der Waals surface area contributed by atoms with Crippen molar-refractivity contribution in [2.45, 2.75) is 19.8 Å². The molecule has 0 radical (unpaired) electrons. The minimum atomic E-state index is -0.0608. The molecular formula is C25H31N3O4S. The number of rotatable bonds is 10. The first-order valence-corrected chi connectivity index (χ1v) is 12.3. The third kappa shape index (κ3) is 6.01. The number of morpholine rings is 1. The molecule has 2 aromatic carbocycles. The maximum Gasteiger partial charge on any atom is 0.260 e. The van der Waals surface area contributed by atoms with Crippen LogP contribution in [0.4, 0.5) is 5.13 Å². The van der Waals surface area contributed by atoms with E-state index in [9.17, 15) is 4.79 Å². The van der Waals surface area contributed by atoms with Gasteiger partial charge < -0.3 is 14.2 Å². The van der Waals surface area contributed by atoms with Crippen LogP contribution in [0, 0.1) is 0 Å². The van der Waals surface area contributed by atoms with E-state index in [-0.39, 0.29) is 5.91 Å². The fourth-order valence-electron chi connectivity index (χ4n) is 3.67. The van der Waals surface area contributed by atoms with Crippen LogP contribution in [0.15, 0.2) is 42.5 Å². The fourth-order valence-corrected chi connectivity index (χ4v) is 4.69. The highest BCUT2D eigenvalue weighted by Gasteiger charge is 2.23. The Labute approximate surface area is 198 Å². The number of carbonyl (C=O) groups is 1. The maximum atomic E-state index is 13.6. The van der Waals surface area contributed by atoms with Gasteiger partial charge in [-0.1, -0.05) is 24.7 Å². The fraction of sp³-hybridized carbons (Fsp3) is 0.440. The zero-order chi connectivity index (χ0) is 23.0. The molecule has 1 aliphatic rings. The first kappa shape index (κ1) is 23.5. The lowest BCUT2D eigenvalue weighted by Crippen LogP contribution is -2.43. The van der Waals surface area contributed by atoms with Crippen LogP contribution in [-0.2, 0) is 4.74 Å². The standard InChI is InChI=1S/C25H31N3O4S/c1-3-4-15-32-20-7-5-19(6-8-20)24(29)28(12-11-27-13-16-31-17-14-27)25-26-22-10-9-21(30-2)18-23(22)33-25/h5-10,18H,3-4,11-17H2,1-2H3. The summed E-state index contributed by atoms with van der Waals surface area (Å²) in [5.74, 6) is 1.50. The van der Waals surface area contributed by atoms with Gasteiger partial charge in [0.1, 0.15) is 11.5 Å². The van der Waals surface area contributed by atoms with E-state index in [1.807, 2.05) is 42.5 Å². The van der Waals surface area contributed by atoms with E-state index in [4.69, 9.17) is 19.2 Å². The van der Waals surface area contributed by atoms with E-state index in [1.165, 1.54) is 11.3 Å². The van der Waals surface area contributed by atoms with Crippen molar-refractivity contribution in [1.82, 2.24) is 9.88 Å². The van der Waals surface area contributed by atoms with Crippen LogP contribution < -0.4 is 14.4 Å². The number of unbranched alkanes of at least 4 members (excludes halogenated alkanes) is 1. The Morgan fingerprint density at radius 1 is 1.15 bits per heavy atom. The second-order valence-corrected chi connectivity index (χ2v) is 8.98. The summed E-state index contributed by atoms with van der Waals surface area (Å²) in [4.78, 5) is 22.5. The molecule has 7 nitrogen and oxygen atoms in total. The Balaban J connectivity index is 1.55. The van der Waals surface area contributed by atoms with Crippen LogP contribution in [0.3, 0.4) is 0 Å². The number of nitrogens with zero attached hydrogens (tertiary/aromatic N) is 3. The molecule has 0 atom stereocenters. The molecule has 33 heavy (non-hydrogen) atoms. The first-order chi connectivity index (χ1) is 16.2. The van der Waals surface area contributed by atoms with Gasteiger partial charge in [0.2, 0.25) is 0 Å². The van der Waals surface area contributed by atoms with E-state index >= 15 is 0 Å². The van der Waals surface area contributed by atoms with Crippen molar-refractivity contribution in [2.75, 3.05) is 58.0 Å². The molecule has 1 saturated heterocycles. The predicted molar refractivity (Wildman–Crippen MR) is 132 cm³/mol. The summed E-state index contributed by atoms with van der Waals surface area (Å²) >= 11 is 1.51. The number of ether oxygens (including phenoxy) is 3. The maximum absolute atomic E-state index is 13.6. The molecule has 0 spiro atoms. The summed E-state index contributed by atoms with van der Waals surface area (Å²) in [6.07, 6.45) is 2.10. The van der Waals surface area contributed by atoms with Crippen molar-refractivity contribution in [3.63, 3.8) is 0 Å². The molecule has 0 saturated carbocycles. The average molecular weight is 470 g/mol. The Bertz CT molecular complexity index is 1050. The SMILES string of the molecule is CCCCOc1ccc(C(=O)N(CCN2CCOCC2)c2nc3ccc(OC)cc3s2)cc1. The van der Waals surface area contributed by atoms with Crippen LogP contribution in [-0.4, -0.2) is 68.9 Å². The minimum absolute atomic E-state index is 0.0608. The molecule has 1 aliphatic heterocycles. The molecule has 4 rings (SSSR count). The monoisotopic (exact) mass is 469 g/mol. The third-order valence-electron chi connectivity index (χ3n) is 5.67. The number of amides is 1. The molecule has 1 fully saturated rings. The molecule has 1 amide bonds. The van der Waals surface area contributed by atoms with Gasteiger partial charge in [-0.05, 0) is 48.9 Å². The summed E-state index contributed by atoms with van der Waals surface area (Å²) in [5.41, 5.74) is 1.48. The van der Waals surface area contributed by atoms with E-state index in [2.05, 4.69) is 11.8 Å². The molecule has 176 valence electrons. The molecule has 0 bridgehead atoms. The first-order valence-electron chi connectivity index (χ1n) is 11.5. The van der Waals surface area contributed by atoms with Gasteiger partial charge in [0.05, 0.1) is 37.1 Å². The predicted octanol–water partition coefficient (Wildman–Crippen LogP) is 4.46. The minimum Gasteiger partial charge on any atom is -0.497 e. The molecule has 1 aromatic heterocycles. The van der Waals surface area contributed by atoms with Crippen molar-refractivity contribution >= 4 is 32.6 Å². The topological polar surface area (TPSA) is 64.1 Å². The van der Waals surface area contributed by atoms with Gasteiger partial charge in [-0.3, -0.25) is 14.6 Å². The summed E-state index contributed by atoms with van der Waals surface area (Å²) in [7, 11) is 1.65. The lowest BCUT2D eigenvalue weighted by molar-refractivity contribution is 0.0391. The lowest BCUT2D eigenvalue weighted by Gasteiger charge is -2.29. The van der Waals surface area contributed by atoms with Gasteiger partial charge in [0.25, 0.3) is 5.91 Å².